The van der Waals surface area contributed by atoms with Crippen molar-refractivity contribution >= 4 is 27.7 Å². The second-order valence-corrected chi connectivity index (χ2v) is 7.48. The van der Waals surface area contributed by atoms with Crippen LogP contribution in [0.1, 0.15) is 19.8 Å². The van der Waals surface area contributed by atoms with Crippen LogP contribution in [0, 0.1) is 0 Å². The third-order valence-electron chi connectivity index (χ3n) is 4.15. The van der Waals surface area contributed by atoms with E-state index in [0.29, 0.717) is 31.6 Å². The molecule has 1 atom stereocenters. The fourth-order valence-electron chi connectivity index (χ4n) is 2.86. The molecule has 124 valence electrons. The lowest BCUT2D eigenvalue weighted by atomic mass is 10.1. The van der Waals surface area contributed by atoms with E-state index in [1.54, 1.807) is 4.90 Å². The molecule has 1 unspecified atom stereocenters. The summed E-state index contributed by atoms with van der Waals surface area (Å²) >= 11 is 0. The van der Waals surface area contributed by atoms with Gasteiger partial charge in [0, 0.05) is 26.1 Å². The van der Waals surface area contributed by atoms with Crippen LogP contribution in [0.4, 0.5) is 4.79 Å². The van der Waals surface area contributed by atoms with Crippen molar-refractivity contribution in [1.82, 2.24) is 14.9 Å². The van der Waals surface area contributed by atoms with Crippen LogP contribution in [-0.4, -0.2) is 56.1 Å². The van der Waals surface area contributed by atoms with Crippen LogP contribution < -0.4 is 10.0 Å². The number of nitrogens with one attached hydrogen (secondary N) is 2. The van der Waals surface area contributed by atoms with E-state index in [1.165, 1.54) is 25.2 Å². The molecule has 2 N–H and O–H groups in total. The van der Waals surface area contributed by atoms with Crippen molar-refractivity contribution in [3.8, 4) is 0 Å². The summed E-state index contributed by atoms with van der Waals surface area (Å²) in [5.41, 5.74) is 0.517. The first kappa shape index (κ1) is 15.9. The summed E-state index contributed by atoms with van der Waals surface area (Å²) in [4.78, 5) is 28.1. The molecule has 0 aromatic carbocycles. The fourth-order valence-corrected chi connectivity index (χ4v) is 4.23. The molecule has 0 bridgehead atoms. The van der Waals surface area contributed by atoms with Crippen LogP contribution in [0.15, 0.2) is 28.1 Å². The van der Waals surface area contributed by atoms with Crippen LogP contribution >= 0.6 is 0 Å². The number of urea groups is 1. The minimum Gasteiger partial charge on any atom is -0.343 e. The number of rotatable bonds is 3. The van der Waals surface area contributed by atoms with Gasteiger partial charge in [-0.1, -0.05) is 0 Å². The van der Waals surface area contributed by atoms with Crippen molar-refractivity contribution in [3.05, 3.63) is 23.1 Å². The Morgan fingerprint density at radius 2 is 2.04 bits per heavy atom. The quantitative estimate of drug-likeness (QED) is 0.749. The van der Waals surface area contributed by atoms with Crippen LogP contribution in [0.5, 0.6) is 0 Å². The highest BCUT2D eigenvalue weighted by atomic mass is 32.2. The molecular formula is C14H18N4O4S. The van der Waals surface area contributed by atoms with E-state index in [0.717, 1.165) is 0 Å². The summed E-state index contributed by atoms with van der Waals surface area (Å²) in [5, 5.41) is 2.57. The van der Waals surface area contributed by atoms with Crippen LogP contribution in [0.25, 0.3) is 0 Å². The lowest BCUT2D eigenvalue weighted by molar-refractivity contribution is -0.129. The van der Waals surface area contributed by atoms with Gasteiger partial charge in [-0.15, -0.1) is 0 Å². The number of allylic oxidation sites excluding steroid dienone is 1. The van der Waals surface area contributed by atoms with Crippen molar-refractivity contribution in [1.29, 1.82) is 0 Å². The minimum absolute atomic E-state index is 0.00743. The maximum absolute atomic E-state index is 12.5. The van der Waals surface area contributed by atoms with E-state index in [2.05, 4.69) is 15.0 Å². The summed E-state index contributed by atoms with van der Waals surface area (Å²) in [7, 11) is -3.66. The zero-order valence-corrected chi connectivity index (χ0v) is 13.5. The van der Waals surface area contributed by atoms with Crippen molar-refractivity contribution in [3.63, 3.8) is 0 Å². The van der Waals surface area contributed by atoms with Crippen molar-refractivity contribution < 1.29 is 18.0 Å². The van der Waals surface area contributed by atoms with Gasteiger partial charge < -0.3 is 10.2 Å². The van der Waals surface area contributed by atoms with E-state index in [-0.39, 0.29) is 16.9 Å². The number of piperidine rings is 1. The molecule has 3 amide bonds. The SMILES string of the molecule is CC(=O)N1CCC(NS(=O)(=O)C2=CC3NC(=O)N=C3C=C2)CC1. The number of aliphatic imine (C=N–C) groups is 1. The molecule has 0 spiro atoms. The summed E-state index contributed by atoms with van der Waals surface area (Å²) < 4.78 is 27.6. The van der Waals surface area contributed by atoms with Crippen molar-refractivity contribution in [2.75, 3.05) is 13.1 Å². The van der Waals surface area contributed by atoms with Gasteiger partial charge in [-0.3, -0.25) is 4.79 Å². The standard InChI is InChI=1S/C14H18N4O4S/c1-9(19)18-6-4-10(5-7-18)17-23(21,22)11-2-3-12-13(8-11)16-14(20)15-12/h2-3,8,10,13,17H,4-7H2,1H3,(H,16,20). The average Bonchev–Trinajstić information content (AvgIpc) is 2.86. The Labute approximate surface area is 134 Å². The molecule has 1 fully saturated rings. The van der Waals surface area contributed by atoms with Gasteiger partial charge in [0.2, 0.25) is 15.9 Å². The van der Waals surface area contributed by atoms with E-state index >= 15 is 0 Å². The molecule has 8 nitrogen and oxygen atoms in total. The van der Waals surface area contributed by atoms with Gasteiger partial charge in [0.25, 0.3) is 0 Å². The van der Waals surface area contributed by atoms with Crippen LogP contribution in [0.2, 0.25) is 0 Å². The van der Waals surface area contributed by atoms with Gasteiger partial charge in [0.15, 0.2) is 0 Å². The Hall–Kier alpha value is -2.00. The summed E-state index contributed by atoms with van der Waals surface area (Å²) in [6.45, 7) is 2.61. The molecular weight excluding hydrogens is 320 g/mol. The molecule has 0 aromatic heterocycles. The molecule has 2 heterocycles. The number of carbonyl (C=O) groups excluding carboxylic acids is 2. The highest BCUT2D eigenvalue weighted by Gasteiger charge is 2.30. The Morgan fingerprint density at radius 3 is 2.70 bits per heavy atom. The van der Waals surface area contributed by atoms with Gasteiger partial charge in [0.1, 0.15) is 0 Å². The molecule has 0 aromatic rings. The predicted molar refractivity (Wildman–Crippen MR) is 84.3 cm³/mol. The van der Waals surface area contributed by atoms with Crippen LogP contribution in [0.3, 0.4) is 0 Å². The smallest absolute Gasteiger partial charge is 0.342 e. The molecule has 0 saturated carbocycles. The molecule has 1 aliphatic carbocycles. The summed E-state index contributed by atoms with van der Waals surface area (Å²) in [5.74, 6) is 0.00743. The second-order valence-electron chi connectivity index (χ2n) is 5.77. The van der Waals surface area contributed by atoms with E-state index in [9.17, 15) is 18.0 Å². The third-order valence-corrected chi connectivity index (χ3v) is 5.69. The Bertz CT molecular complexity index is 730. The Balaban J connectivity index is 1.66. The number of hydrogen-bond acceptors (Lipinski definition) is 4. The molecule has 0 radical (unpaired) electrons. The maximum Gasteiger partial charge on any atom is 0.342 e. The number of carbonyl (C=O) groups is 2. The fraction of sp³-hybridized carbons (Fsp3) is 0.500. The minimum atomic E-state index is -3.66. The first-order chi connectivity index (χ1) is 10.8. The van der Waals surface area contributed by atoms with E-state index in [4.69, 9.17) is 0 Å². The predicted octanol–water partition coefficient (Wildman–Crippen LogP) is -0.0968. The highest BCUT2D eigenvalue weighted by Crippen LogP contribution is 2.19. The van der Waals surface area contributed by atoms with Gasteiger partial charge in [-0.2, -0.15) is 4.99 Å². The Morgan fingerprint density at radius 1 is 1.35 bits per heavy atom. The zero-order chi connectivity index (χ0) is 16.6. The lowest BCUT2D eigenvalue weighted by Crippen LogP contribution is -2.46. The highest BCUT2D eigenvalue weighted by molar-refractivity contribution is 7.93. The average molecular weight is 338 g/mol. The number of sulfonamides is 1. The van der Waals surface area contributed by atoms with Gasteiger partial charge >= 0.3 is 6.03 Å². The molecule has 2 aliphatic heterocycles. The number of amides is 3. The monoisotopic (exact) mass is 338 g/mol. The van der Waals surface area contributed by atoms with Crippen LogP contribution in [-0.2, 0) is 14.8 Å². The van der Waals surface area contributed by atoms with Gasteiger partial charge in [0.05, 0.1) is 16.7 Å². The first-order valence-corrected chi connectivity index (χ1v) is 8.90. The number of likely N-dealkylation sites (tertiary alicyclic amines) is 1. The summed E-state index contributed by atoms with van der Waals surface area (Å²) in [6, 6.07) is -1.15. The number of hydrogen-bond donors (Lipinski definition) is 2. The molecule has 9 heteroatoms. The summed E-state index contributed by atoms with van der Waals surface area (Å²) in [6.07, 6.45) is 5.64. The third kappa shape index (κ3) is 3.35. The van der Waals surface area contributed by atoms with Crippen molar-refractivity contribution in [2.24, 2.45) is 4.99 Å². The van der Waals surface area contributed by atoms with Crippen molar-refractivity contribution in [2.45, 2.75) is 31.8 Å². The Kier molecular flexibility index (Phi) is 4.07. The number of nitrogens with zero attached hydrogens (tertiary/aromatic N) is 2. The normalized spacial score (nSPS) is 24.8. The molecule has 3 rings (SSSR count). The maximum atomic E-state index is 12.5. The van der Waals surface area contributed by atoms with Gasteiger partial charge in [-0.25, -0.2) is 17.9 Å². The van der Waals surface area contributed by atoms with E-state index in [1.807, 2.05) is 0 Å². The molecule has 1 saturated heterocycles. The largest absolute Gasteiger partial charge is 0.343 e. The zero-order valence-electron chi connectivity index (χ0n) is 12.7. The molecule has 3 aliphatic rings. The lowest BCUT2D eigenvalue weighted by Gasteiger charge is -2.31. The van der Waals surface area contributed by atoms with E-state index < -0.39 is 22.1 Å². The molecule has 23 heavy (non-hydrogen) atoms. The van der Waals surface area contributed by atoms with Gasteiger partial charge in [-0.05, 0) is 31.1 Å². The first-order valence-electron chi connectivity index (χ1n) is 7.42. The second kappa shape index (κ2) is 5.89. The topological polar surface area (TPSA) is 108 Å². The number of fused-ring (bicyclic) bond motifs is 1.